The average Bonchev–Trinajstić information content (AvgIpc) is 2.27. The molecule has 106 valence electrons. The molecule has 0 aromatic carbocycles. The fraction of sp³-hybridized carbons (Fsp3) is 0.615. The summed E-state index contributed by atoms with van der Waals surface area (Å²) in [7, 11) is 0. The van der Waals surface area contributed by atoms with Crippen molar-refractivity contribution in [2.24, 2.45) is 0 Å². The van der Waals surface area contributed by atoms with Crippen LogP contribution < -0.4 is 11.1 Å². The number of esters is 1. The van der Waals surface area contributed by atoms with E-state index in [9.17, 15) is 4.79 Å². The van der Waals surface area contributed by atoms with E-state index in [2.05, 4.69) is 15.3 Å². The largest absolute Gasteiger partial charge is 0.464 e. The van der Waals surface area contributed by atoms with Crippen molar-refractivity contribution < 1.29 is 9.53 Å². The zero-order chi connectivity index (χ0) is 14.6. The first-order valence-electron chi connectivity index (χ1n) is 6.32. The predicted molar refractivity (Wildman–Crippen MR) is 74.9 cm³/mol. The molecule has 0 aliphatic carbocycles. The number of nitrogens with two attached hydrogens (primary N) is 1. The minimum Gasteiger partial charge on any atom is -0.464 e. The van der Waals surface area contributed by atoms with Crippen molar-refractivity contribution in [1.82, 2.24) is 9.97 Å². The van der Waals surface area contributed by atoms with Gasteiger partial charge in [0.25, 0.3) is 0 Å². The van der Waals surface area contributed by atoms with Crippen LogP contribution in [0.4, 0.5) is 11.6 Å². The molecule has 3 N–H and O–H groups in total. The Kier molecular flexibility index (Phi) is 4.69. The Labute approximate surface area is 113 Å². The van der Waals surface area contributed by atoms with Crippen molar-refractivity contribution in [2.75, 3.05) is 17.7 Å². The lowest BCUT2D eigenvalue weighted by Crippen LogP contribution is -2.29. The highest BCUT2D eigenvalue weighted by Gasteiger charge is 2.20. The molecule has 0 saturated carbocycles. The van der Waals surface area contributed by atoms with E-state index in [1.54, 1.807) is 19.9 Å². The number of aromatic nitrogens is 2. The number of nitrogens with zero attached hydrogens (tertiary/aromatic N) is 2. The van der Waals surface area contributed by atoms with Gasteiger partial charge in [0.2, 0.25) is 0 Å². The molecule has 1 aromatic rings. The molecule has 0 radical (unpaired) electrons. The molecule has 19 heavy (non-hydrogen) atoms. The van der Waals surface area contributed by atoms with Crippen LogP contribution in [0.15, 0.2) is 6.07 Å². The Morgan fingerprint density at radius 2 is 2.11 bits per heavy atom. The van der Waals surface area contributed by atoms with Crippen molar-refractivity contribution in [2.45, 2.75) is 46.1 Å². The number of nitrogen functional groups attached to an aromatic ring is 1. The molecule has 0 spiro atoms. The molecular formula is C13H22N4O2. The lowest BCUT2D eigenvalue weighted by molar-refractivity contribution is -0.143. The van der Waals surface area contributed by atoms with Gasteiger partial charge in [-0.05, 0) is 13.8 Å². The SMILES string of the molecule is CCOC(=O)C(C)Nc1cc(N)nc(C(C)(C)C)n1. The maximum absolute atomic E-state index is 11.6. The van der Waals surface area contributed by atoms with Crippen LogP contribution in [-0.2, 0) is 14.9 Å². The Morgan fingerprint density at radius 1 is 1.47 bits per heavy atom. The molecule has 0 fully saturated rings. The van der Waals surface area contributed by atoms with Gasteiger partial charge in [-0.3, -0.25) is 0 Å². The number of carbonyl (C=O) groups excluding carboxylic acids is 1. The van der Waals surface area contributed by atoms with Gasteiger partial charge >= 0.3 is 5.97 Å². The number of carbonyl (C=O) groups is 1. The molecule has 1 rings (SSSR count). The van der Waals surface area contributed by atoms with Crippen LogP contribution in [0.25, 0.3) is 0 Å². The van der Waals surface area contributed by atoms with Crippen molar-refractivity contribution in [3.05, 3.63) is 11.9 Å². The van der Waals surface area contributed by atoms with Crippen LogP contribution in [0.1, 0.15) is 40.4 Å². The zero-order valence-corrected chi connectivity index (χ0v) is 12.2. The standard InChI is InChI=1S/C13H22N4O2/c1-6-19-11(18)8(2)15-10-7-9(14)16-12(17-10)13(3,4)5/h7-8H,6H2,1-5H3,(H3,14,15,16,17). The van der Waals surface area contributed by atoms with E-state index in [1.807, 2.05) is 20.8 Å². The summed E-state index contributed by atoms with van der Waals surface area (Å²) in [6.07, 6.45) is 0. The van der Waals surface area contributed by atoms with E-state index in [0.717, 1.165) is 0 Å². The fourth-order valence-corrected chi connectivity index (χ4v) is 1.42. The Bertz CT molecular complexity index is 454. The topological polar surface area (TPSA) is 90.1 Å². The second-order valence-corrected chi connectivity index (χ2v) is 5.37. The van der Waals surface area contributed by atoms with Gasteiger partial charge in [-0.25, -0.2) is 14.8 Å². The summed E-state index contributed by atoms with van der Waals surface area (Å²) in [5, 5.41) is 2.97. The number of nitrogens with one attached hydrogen (secondary N) is 1. The van der Waals surface area contributed by atoms with Gasteiger partial charge in [0.1, 0.15) is 23.5 Å². The molecule has 0 bridgehead atoms. The Hall–Kier alpha value is -1.85. The van der Waals surface area contributed by atoms with Crippen molar-refractivity contribution in [1.29, 1.82) is 0 Å². The summed E-state index contributed by atoms with van der Waals surface area (Å²) in [5.74, 6) is 1.21. The molecule has 6 heteroatoms. The predicted octanol–water partition coefficient (Wildman–Crippen LogP) is 1.72. The zero-order valence-electron chi connectivity index (χ0n) is 12.2. The molecule has 1 heterocycles. The fourth-order valence-electron chi connectivity index (χ4n) is 1.42. The Morgan fingerprint density at radius 3 is 2.63 bits per heavy atom. The van der Waals surface area contributed by atoms with Crippen LogP contribution in [0.2, 0.25) is 0 Å². The van der Waals surface area contributed by atoms with Gasteiger partial charge in [0, 0.05) is 11.5 Å². The minimum atomic E-state index is -0.484. The van der Waals surface area contributed by atoms with E-state index in [-0.39, 0.29) is 11.4 Å². The highest BCUT2D eigenvalue weighted by atomic mass is 16.5. The Balaban J connectivity index is 2.90. The number of hydrogen-bond acceptors (Lipinski definition) is 6. The van der Waals surface area contributed by atoms with Crippen molar-refractivity contribution in [3.63, 3.8) is 0 Å². The summed E-state index contributed by atoms with van der Waals surface area (Å²) in [5.41, 5.74) is 5.55. The highest BCUT2D eigenvalue weighted by Crippen LogP contribution is 2.21. The summed E-state index contributed by atoms with van der Waals surface area (Å²) < 4.78 is 4.93. The summed E-state index contributed by atoms with van der Waals surface area (Å²) >= 11 is 0. The molecule has 0 aliphatic heterocycles. The molecule has 0 amide bonds. The first-order chi connectivity index (χ1) is 8.74. The van der Waals surface area contributed by atoms with Crippen LogP contribution >= 0.6 is 0 Å². The van der Waals surface area contributed by atoms with E-state index in [4.69, 9.17) is 10.5 Å². The number of anilines is 2. The maximum atomic E-state index is 11.6. The first-order valence-corrected chi connectivity index (χ1v) is 6.32. The average molecular weight is 266 g/mol. The van der Waals surface area contributed by atoms with Crippen LogP contribution in [0, 0.1) is 0 Å². The van der Waals surface area contributed by atoms with Gasteiger partial charge in [-0.15, -0.1) is 0 Å². The summed E-state index contributed by atoms with van der Waals surface area (Å²) in [6.45, 7) is 9.84. The van der Waals surface area contributed by atoms with Crippen LogP contribution in [0.3, 0.4) is 0 Å². The van der Waals surface area contributed by atoms with E-state index in [1.165, 1.54) is 0 Å². The quantitative estimate of drug-likeness (QED) is 0.806. The molecule has 6 nitrogen and oxygen atoms in total. The van der Waals surface area contributed by atoms with E-state index < -0.39 is 6.04 Å². The van der Waals surface area contributed by atoms with Crippen molar-refractivity contribution in [3.8, 4) is 0 Å². The number of hydrogen-bond donors (Lipinski definition) is 2. The van der Waals surface area contributed by atoms with Gasteiger partial charge in [-0.1, -0.05) is 20.8 Å². The van der Waals surface area contributed by atoms with Crippen molar-refractivity contribution >= 4 is 17.6 Å². The van der Waals surface area contributed by atoms with Gasteiger partial charge in [-0.2, -0.15) is 0 Å². The van der Waals surface area contributed by atoms with Crippen LogP contribution in [-0.4, -0.2) is 28.6 Å². The first kappa shape index (κ1) is 15.2. The third kappa shape index (κ3) is 4.39. The lowest BCUT2D eigenvalue weighted by atomic mass is 9.96. The third-order valence-electron chi connectivity index (χ3n) is 2.42. The normalized spacial score (nSPS) is 12.9. The second kappa shape index (κ2) is 5.86. The van der Waals surface area contributed by atoms with E-state index >= 15 is 0 Å². The minimum absolute atomic E-state index is 0.209. The maximum Gasteiger partial charge on any atom is 0.328 e. The van der Waals surface area contributed by atoms with E-state index in [0.29, 0.717) is 24.1 Å². The molecule has 1 unspecified atom stereocenters. The monoisotopic (exact) mass is 266 g/mol. The smallest absolute Gasteiger partial charge is 0.328 e. The number of rotatable bonds is 4. The molecule has 0 aliphatic rings. The number of ether oxygens (including phenoxy) is 1. The molecule has 1 aromatic heterocycles. The van der Waals surface area contributed by atoms with Gasteiger partial charge in [0.15, 0.2) is 0 Å². The van der Waals surface area contributed by atoms with Gasteiger partial charge in [0.05, 0.1) is 6.61 Å². The molecular weight excluding hydrogens is 244 g/mol. The van der Waals surface area contributed by atoms with Crippen LogP contribution in [0.5, 0.6) is 0 Å². The lowest BCUT2D eigenvalue weighted by Gasteiger charge is -2.19. The summed E-state index contributed by atoms with van der Waals surface area (Å²) in [6, 6.07) is 1.12. The summed E-state index contributed by atoms with van der Waals surface area (Å²) in [4.78, 5) is 20.1. The molecule has 0 saturated heterocycles. The third-order valence-corrected chi connectivity index (χ3v) is 2.42. The second-order valence-electron chi connectivity index (χ2n) is 5.37. The molecule has 1 atom stereocenters. The van der Waals surface area contributed by atoms with Gasteiger partial charge < -0.3 is 15.8 Å². The highest BCUT2D eigenvalue weighted by molar-refractivity contribution is 5.78.